The van der Waals surface area contributed by atoms with E-state index in [4.69, 9.17) is 5.11 Å². The molecule has 1 aliphatic carbocycles. The number of rotatable bonds is 2. The zero-order valence-electron chi connectivity index (χ0n) is 9.94. The Kier molecular flexibility index (Phi) is 3.30. The Morgan fingerprint density at radius 1 is 1.26 bits per heavy atom. The fourth-order valence-electron chi connectivity index (χ4n) is 2.47. The molecule has 0 aromatic heterocycles. The number of aliphatic hydroxyl groups is 1. The molecule has 1 aromatic carbocycles. The van der Waals surface area contributed by atoms with Crippen LogP contribution in [-0.2, 0) is 16.6 Å². The van der Waals surface area contributed by atoms with Gasteiger partial charge in [0, 0.05) is 0 Å². The lowest BCUT2D eigenvalue weighted by Gasteiger charge is -2.23. The van der Waals surface area contributed by atoms with Gasteiger partial charge in [-0.3, -0.25) is 4.79 Å². The quantitative estimate of drug-likeness (QED) is 0.871. The van der Waals surface area contributed by atoms with Gasteiger partial charge in [-0.25, -0.2) is 0 Å². The third kappa shape index (κ3) is 2.73. The van der Waals surface area contributed by atoms with Crippen LogP contribution >= 0.6 is 0 Å². The minimum absolute atomic E-state index is 0.0354. The molecule has 0 saturated heterocycles. The molecule has 0 heterocycles. The van der Waals surface area contributed by atoms with Crippen LogP contribution in [-0.4, -0.2) is 16.2 Å². The zero-order valence-corrected chi connectivity index (χ0v) is 9.94. The first-order valence-electron chi connectivity index (χ1n) is 5.85. The molecule has 0 unspecified atom stereocenters. The van der Waals surface area contributed by atoms with Crippen molar-refractivity contribution in [1.29, 1.82) is 0 Å². The number of aliphatic carboxylic acids is 1. The molecule has 1 aromatic rings. The van der Waals surface area contributed by atoms with Gasteiger partial charge in [-0.05, 0) is 37.0 Å². The largest absolute Gasteiger partial charge is 0.481 e. The van der Waals surface area contributed by atoms with E-state index in [1.807, 2.05) is 0 Å². The summed E-state index contributed by atoms with van der Waals surface area (Å²) in [7, 11) is 0. The highest BCUT2D eigenvalue weighted by Gasteiger charge is 2.42. The van der Waals surface area contributed by atoms with Crippen LogP contribution < -0.4 is 0 Å². The lowest BCUT2D eigenvalue weighted by atomic mass is 9.90. The Bertz CT molecular complexity index is 481. The standard InChI is InChI=1S/C13H13F3O3/c14-13(15,16)10-3-1-9(2-4-10)12(19)6-5-8(7-12)11(17)18/h1-4,8,19H,5-7H2,(H,17,18)/t8-,12-/m0/s1. The molecule has 0 amide bonds. The number of carboxylic acid groups (broad SMARTS) is 1. The van der Waals surface area contributed by atoms with Gasteiger partial charge in [0.05, 0.1) is 17.1 Å². The molecule has 0 radical (unpaired) electrons. The minimum atomic E-state index is -4.42. The molecule has 104 valence electrons. The van der Waals surface area contributed by atoms with Crippen molar-refractivity contribution in [2.24, 2.45) is 5.92 Å². The van der Waals surface area contributed by atoms with Gasteiger partial charge >= 0.3 is 12.1 Å². The molecule has 6 heteroatoms. The summed E-state index contributed by atoms with van der Waals surface area (Å²) in [4.78, 5) is 10.8. The number of alkyl halides is 3. The third-order valence-corrected chi connectivity index (χ3v) is 3.59. The lowest BCUT2D eigenvalue weighted by Crippen LogP contribution is -2.23. The summed E-state index contributed by atoms with van der Waals surface area (Å²) in [5.41, 5.74) is -1.79. The predicted octanol–water partition coefficient (Wildman–Crippen LogP) is 2.78. The lowest BCUT2D eigenvalue weighted by molar-refractivity contribution is -0.142. The highest BCUT2D eigenvalue weighted by atomic mass is 19.4. The van der Waals surface area contributed by atoms with Gasteiger partial charge in [-0.15, -0.1) is 0 Å². The van der Waals surface area contributed by atoms with Crippen LogP contribution in [0.25, 0.3) is 0 Å². The topological polar surface area (TPSA) is 57.5 Å². The van der Waals surface area contributed by atoms with Crippen molar-refractivity contribution in [2.75, 3.05) is 0 Å². The van der Waals surface area contributed by atoms with Crippen LogP contribution in [0.1, 0.15) is 30.4 Å². The Labute approximate surface area is 107 Å². The Morgan fingerprint density at radius 2 is 1.84 bits per heavy atom. The van der Waals surface area contributed by atoms with Crippen LogP contribution in [0.2, 0.25) is 0 Å². The number of hydrogen-bond donors (Lipinski definition) is 2. The van der Waals surface area contributed by atoms with E-state index < -0.39 is 29.2 Å². The average Bonchev–Trinajstić information content (AvgIpc) is 2.73. The van der Waals surface area contributed by atoms with Crippen LogP contribution in [0.5, 0.6) is 0 Å². The van der Waals surface area contributed by atoms with Gasteiger partial charge in [0.2, 0.25) is 0 Å². The van der Waals surface area contributed by atoms with Crippen LogP contribution in [0.4, 0.5) is 13.2 Å². The van der Waals surface area contributed by atoms with Gasteiger partial charge in [0.15, 0.2) is 0 Å². The molecule has 1 fully saturated rings. The summed E-state index contributed by atoms with van der Waals surface area (Å²) in [6.45, 7) is 0. The molecular weight excluding hydrogens is 261 g/mol. The normalized spacial score (nSPS) is 27.5. The molecule has 1 saturated carbocycles. The zero-order chi connectivity index (χ0) is 14.3. The maximum absolute atomic E-state index is 12.4. The summed E-state index contributed by atoms with van der Waals surface area (Å²) < 4.78 is 37.3. The summed E-state index contributed by atoms with van der Waals surface area (Å²) >= 11 is 0. The first-order chi connectivity index (χ1) is 8.72. The van der Waals surface area contributed by atoms with Crippen molar-refractivity contribution in [3.8, 4) is 0 Å². The first-order valence-corrected chi connectivity index (χ1v) is 5.85. The summed E-state index contributed by atoms with van der Waals surface area (Å²) in [6, 6.07) is 4.24. The molecular formula is C13H13F3O3. The highest BCUT2D eigenvalue weighted by molar-refractivity contribution is 5.70. The summed E-state index contributed by atoms with van der Waals surface area (Å²) in [5, 5.41) is 19.2. The van der Waals surface area contributed by atoms with Crippen LogP contribution in [0.3, 0.4) is 0 Å². The number of halogens is 3. The van der Waals surface area contributed by atoms with Crippen molar-refractivity contribution >= 4 is 5.97 Å². The van der Waals surface area contributed by atoms with Gasteiger partial charge in [-0.1, -0.05) is 12.1 Å². The van der Waals surface area contributed by atoms with E-state index in [1.165, 1.54) is 12.1 Å². The molecule has 19 heavy (non-hydrogen) atoms. The molecule has 2 N–H and O–H groups in total. The van der Waals surface area contributed by atoms with E-state index in [0.717, 1.165) is 12.1 Å². The first kappa shape index (κ1) is 13.9. The third-order valence-electron chi connectivity index (χ3n) is 3.59. The van der Waals surface area contributed by atoms with E-state index in [1.54, 1.807) is 0 Å². The van der Waals surface area contributed by atoms with E-state index in [9.17, 15) is 23.1 Å². The molecule has 0 aliphatic heterocycles. The monoisotopic (exact) mass is 274 g/mol. The second-order valence-corrected chi connectivity index (χ2v) is 4.88. The van der Waals surface area contributed by atoms with Crippen LogP contribution in [0, 0.1) is 5.92 Å². The Hall–Kier alpha value is -1.56. The number of carboxylic acids is 1. The molecule has 2 rings (SSSR count). The second-order valence-electron chi connectivity index (χ2n) is 4.88. The number of benzene rings is 1. The highest BCUT2D eigenvalue weighted by Crippen LogP contribution is 2.42. The average molecular weight is 274 g/mol. The fraction of sp³-hybridized carbons (Fsp3) is 0.462. The van der Waals surface area contributed by atoms with Crippen molar-refractivity contribution in [2.45, 2.75) is 31.0 Å². The Balaban J connectivity index is 2.21. The fourth-order valence-corrected chi connectivity index (χ4v) is 2.47. The molecule has 3 nitrogen and oxygen atoms in total. The van der Waals surface area contributed by atoms with Gasteiger partial charge in [0.1, 0.15) is 0 Å². The van der Waals surface area contributed by atoms with Gasteiger partial charge in [0.25, 0.3) is 0 Å². The van der Waals surface area contributed by atoms with E-state index in [-0.39, 0.29) is 12.8 Å². The molecule has 0 spiro atoms. The molecule has 0 bridgehead atoms. The van der Waals surface area contributed by atoms with Crippen molar-refractivity contribution in [3.63, 3.8) is 0 Å². The van der Waals surface area contributed by atoms with Gasteiger partial charge < -0.3 is 10.2 Å². The van der Waals surface area contributed by atoms with E-state index >= 15 is 0 Å². The summed E-state index contributed by atoms with van der Waals surface area (Å²) in [5.74, 6) is -1.63. The van der Waals surface area contributed by atoms with Gasteiger partial charge in [-0.2, -0.15) is 13.2 Å². The van der Waals surface area contributed by atoms with Crippen molar-refractivity contribution in [1.82, 2.24) is 0 Å². The SMILES string of the molecule is O=C(O)[C@H]1CC[C@@](O)(c2ccc(C(F)(F)F)cc2)C1. The van der Waals surface area contributed by atoms with Crippen molar-refractivity contribution in [3.05, 3.63) is 35.4 Å². The summed E-state index contributed by atoms with van der Waals surface area (Å²) in [6.07, 6.45) is -3.81. The van der Waals surface area contributed by atoms with Crippen molar-refractivity contribution < 1.29 is 28.2 Å². The Morgan fingerprint density at radius 3 is 2.26 bits per heavy atom. The predicted molar refractivity (Wildman–Crippen MR) is 60.3 cm³/mol. The van der Waals surface area contributed by atoms with E-state index in [2.05, 4.69) is 0 Å². The number of carbonyl (C=O) groups is 1. The molecule has 2 atom stereocenters. The smallest absolute Gasteiger partial charge is 0.416 e. The number of hydrogen-bond acceptors (Lipinski definition) is 2. The molecule has 1 aliphatic rings. The maximum Gasteiger partial charge on any atom is 0.416 e. The van der Waals surface area contributed by atoms with Crippen LogP contribution in [0.15, 0.2) is 24.3 Å². The second kappa shape index (κ2) is 4.52. The van der Waals surface area contributed by atoms with E-state index in [0.29, 0.717) is 12.0 Å². The minimum Gasteiger partial charge on any atom is -0.481 e. The maximum atomic E-state index is 12.4.